The van der Waals surface area contributed by atoms with Crippen molar-refractivity contribution >= 4 is 17.7 Å². The van der Waals surface area contributed by atoms with E-state index in [1.807, 2.05) is 39.0 Å². The van der Waals surface area contributed by atoms with Gasteiger partial charge in [0.25, 0.3) is 0 Å². The molecule has 5 rings (SSSR count). The molecular formula is C28H31F3N2O4. The maximum atomic E-state index is 13.3. The van der Waals surface area contributed by atoms with Crippen LogP contribution in [0.15, 0.2) is 36.4 Å². The molecule has 2 aromatic rings. The molecule has 0 aromatic heterocycles. The van der Waals surface area contributed by atoms with Crippen molar-refractivity contribution in [2.24, 2.45) is 0 Å². The third-order valence-electron chi connectivity index (χ3n) is 7.05. The number of halogens is 3. The number of piperazine rings is 1. The Morgan fingerprint density at radius 3 is 2.32 bits per heavy atom. The summed E-state index contributed by atoms with van der Waals surface area (Å²) in [7, 11) is 0. The average Bonchev–Trinajstić information content (AvgIpc) is 3.62. The first-order valence-electron chi connectivity index (χ1n) is 12.7. The van der Waals surface area contributed by atoms with Crippen LogP contribution in [0.2, 0.25) is 0 Å². The van der Waals surface area contributed by atoms with Crippen molar-refractivity contribution < 1.29 is 32.2 Å². The maximum absolute atomic E-state index is 13.3. The Labute approximate surface area is 214 Å². The van der Waals surface area contributed by atoms with Crippen LogP contribution in [-0.4, -0.2) is 48.7 Å². The summed E-state index contributed by atoms with van der Waals surface area (Å²) in [5.41, 5.74) is 2.42. The number of alkyl halides is 3. The summed E-state index contributed by atoms with van der Waals surface area (Å²) in [4.78, 5) is 28.9. The van der Waals surface area contributed by atoms with Gasteiger partial charge < -0.3 is 19.3 Å². The number of rotatable bonds is 4. The number of carbonyl (C=O) groups excluding carboxylic acids is 2. The zero-order chi connectivity index (χ0) is 26.5. The molecule has 2 aromatic carbocycles. The molecule has 1 saturated carbocycles. The fourth-order valence-corrected chi connectivity index (χ4v) is 5.01. The zero-order valence-corrected chi connectivity index (χ0v) is 21.2. The smallest absolute Gasteiger partial charge is 0.416 e. The van der Waals surface area contributed by atoms with Gasteiger partial charge in [0, 0.05) is 43.9 Å². The minimum absolute atomic E-state index is 0.135. The lowest BCUT2D eigenvalue weighted by Crippen LogP contribution is -2.50. The topological polar surface area (TPSA) is 59.1 Å². The van der Waals surface area contributed by atoms with Gasteiger partial charge in [-0.2, -0.15) is 13.2 Å². The van der Waals surface area contributed by atoms with E-state index in [-0.39, 0.29) is 12.0 Å². The quantitative estimate of drug-likeness (QED) is 0.460. The van der Waals surface area contributed by atoms with Gasteiger partial charge in [0.2, 0.25) is 0 Å². The first-order chi connectivity index (χ1) is 17.4. The second-order valence-corrected chi connectivity index (χ2v) is 11.0. The number of carbonyl (C=O) groups is 2. The molecule has 1 aliphatic carbocycles. The third kappa shape index (κ3) is 5.55. The van der Waals surface area contributed by atoms with Crippen LogP contribution in [0, 0.1) is 0 Å². The van der Waals surface area contributed by atoms with Crippen LogP contribution < -0.4 is 4.90 Å². The number of fused-ring (bicyclic) bond motifs is 1. The van der Waals surface area contributed by atoms with Gasteiger partial charge in [-0.15, -0.1) is 0 Å². The van der Waals surface area contributed by atoms with Crippen molar-refractivity contribution in [2.45, 2.75) is 63.8 Å². The predicted octanol–water partition coefficient (Wildman–Crippen LogP) is 6.09. The number of cyclic esters (lactones) is 1. The predicted molar refractivity (Wildman–Crippen MR) is 132 cm³/mol. The van der Waals surface area contributed by atoms with E-state index >= 15 is 0 Å². The molecule has 9 heteroatoms. The maximum Gasteiger partial charge on any atom is 0.416 e. The van der Waals surface area contributed by atoms with Crippen LogP contribution in [0.25, 0.3) is 0 Å². The highest BCUT2D eigenvalue weighted by atomic mass is 19.4. The Morgan fingerprint density at radius 2 is 1.70 bits per heavy atom. The number of hydrogen-bond acceptors (Lipinski definition) is 5. The van der Waals surface area contributed by atoms with Crippen molar-refractivity contribution in [3.8, 4) is 0 Å². The van der Waals surface area contributed by atoms with E-state index < -0.39 is 29.4 Å². The van der Waals surface area contributed by atoms with Crippen LogP contribution in [0.1, 0.15) is 78.2 Å². The summed E-state index contributed by atoms with van der Waals surface area (Å²) in [5.74, 6) is -0.287. The number of hydrogen-bond donors (Lipinski definition) is 0. The zero-order valence-electron chi connectivity index (χ0n) is 21.2. The van der Waals surface area contributed by atoms with E-state index in [0.717, 1.165) is 35.7 Å². The fourth-order valence-electron chi connectivity index (χ4n) is 5.01. The monoisotopic (exact) mass is 516 g/mol. The van der Waals surface area contributed by atoms with E-state index in [9.17, 15) is 22.8 Å². The molecule has 1 saturated heterocycles. The number of esters is 1. The number of amides is 1. The van der Waals surface area contributed by atoms with Gasteiger partial charge in [0.15, 0.2) is 0 Å². The average molecular weight is 517 g/mol. The van der Waals surface area contributed by atoms with Crippen LogP contribution >= 0.6 is 0 Å². The molecular weight excluding hydrogens is 485 g/mol. The summed E-state index contributed by atoms with van der Waals surface area (Å²) >= 11 is 0. The van der Waals surface area contributed by atoms with E-state index in [1.54, 1.807) is 4.90 Å². The number of nitrogens with zero attached hydrogens (tertiary/aromatic N) is 2. The first kappa shape index (κ1) is 25.4. The lowest BCUT2D eigenvalue weighted by atomic mass is 9.93. The summed E-state index contributed by atoms with van der Waals surface area (Å²) in [6, 6.07) is 9.52. The summed E-state index contributed by atoms with van der Waals surface area (Å²) < 4.78 is 50.9. The molecule has 6 nitrogen and oxygen atoms in total. The number of benzene rings is 2. The van der Waals surface area contributed by atoms with E-state index in [4.69, 9.17) is 9.47 Å². The van der Waals surface area contributed by atoms with Gasteiger partial charge >= 0.3 is 18.2 Å². The lowest BCUT2D eigenvalue weighted by Gasteiger charge is -2.36. The van der Waals surface area contributed by atoms with Gasteiger partial charge in [0.05, 0.1) is 11.1 Å². The molecule has 2 fully saturated rings. The molecule has 0 spiro atoms. The Hall–Kier alpha value is -3.23. The minimum Gasteiger partial charge on any atom is -0.454 e. The number of ether oxygens (including phenoxy) is 2. The molecule has 0 bridgehead atoms. The van der Waals surface area contributed by atoms with Crippen LogP contribution in [0.3, 0.4) is 0 Å². The molecule has 198 valence electrons. The summed E-state index contributed by atoms with van der Waals surface area (Å²) in [5, 5.41) is 0. The SMILES string of the molecule is CC(C)(C)OC(=O)N1CCN(c2ccc3c(c2)C(=O)OC3Cc2ccc(C(F)(F)F)cc2C2CC2)CC1. The van der Waals surface area contributed by atoms with Crippen molar-refractivity contribution in [3.63, 3.8) is 0 Å². The Kier molecular flexibility index (Phi) is 6.36. The van der Waals surface area contributed by atoms with Crippen molar-refractivity contribution in [1.82, 2.24) is 4.90 Å². The fraction of sp³-hybridized carbons (Fsp3) is 0.500. The summed E-state index contributed by atoms with van der Waals surface area (Å²) in [6.45, 7) is 7.74. The Bertz CT molecular complexity index is 1210. The molecule has 2 heterocycles. The normalized spacial score (nSPS) is 20.1. The molecule has 1 atom stereocenters. The lowest BCUT2D eigenvalue weighted by molar-refractivity contribution is -0.137. The minimum atomic E-state index is -4.39. The highest BCUT2D eigenvalue weighted by Gasteiger charge is 2.37. The van der Waals surface area contributed by atoms with Gasteiger partial charge in [-0.25, -0.2) is 9.59 Å². The first-order valence-corrected chi connectivity index (χ1v) is 12.7. The second-order valence-electron chi connectivity index (χ2n) is 11.0. The van der Waals surface area contributed by atoms with E-state index in [0.29, 0.717) is 43.7 Å². The van der Waals surface area contributed by atoms with Gasteiger partial charge in [-0.1, -0.05) is 12.1 Å². The number of anilines is 1. The van der Waals surface area contributed by atoms with Crippen LogP contribution in [-0.2, 0) is 22.1 Å². The second kappa shape index (κ2) is 9.26. The molecule has 37 heavy (non-hydrogen) atoms. The summed E-state index contributed by atoms with van der Waals surface area (Å²) in [6.07, 6.45) is -3.16. The van der Waals surface area contributed by atoms with E-state index in [1.165, 1.54) is 12.1 Å². The van der Waals surface area contributed by atoms with Crippen LogP contribution in [0.5, 0.6) is 0 Å². The standard InChI is InChI=1S/C28H31F3N2O4/c1-27(2,3)37-26(35)33-12-10-32(11-13-33)20-8-9-21-23(16-20)25(34)36-24(21)14-18-6-7-19(28(29,30)31)15-22(18)17-4-5-17/h6-9,15-17,24H,4-5,10-14H2,1-3H3. The molecule has 2 aliphatic heterocycles. The highest BCUT2D eigenvalue weighted by Crippen LogP contribution is 2.45. The van der Waals surface area contributed by atoms with Gasteiger partial charge in [0.1, 0.15) is 11.7 Å². The van der Waals surface area contributed by atoms with E-state index in [2.05, 4.69) is 4.90 Å². The highest BCUT2D eigenvalue weighted by molar-refractivity contribution is 5.95. The van der Waals surface area contributed by atoms with Gasteiger partial charge in [-0.05, 0) is 74.9 Å². The third-order valence-corrected chi connectivity index (χ3v) is 7.05. The van der Waals surface area contributed by atoms with Crippen molar-refractivity contribution in [2.75, 3.05) is 31.1 Å². The molecule has 0 N–H and O–H groups in total. The molecule has 0 radical (unpaired) electrons. The molecule has 3 aliphatic rings. The van der Waals surface area contributed by atoms with Crippen molar-refractivity contribution in [3.05, 3.63) is 64.2 Å². The van der Waals surface area contributed by atoms with Crippen molar-refractivity contribution in [1.29, 1.82) is 0 Å². The van der Waals surface area contributed by atoms with Crippen LogP contribution in [0.4, 0.5) is 23.7 Å². The Morgan fingerprint density at radius 1 is 1.00 bits per heavy atom. The Balaban J connectivity index is 1.29. The largest absolute Gasteiger partial charge is 0.454 e. The molecule has 1 amide bonds. The molecule has 1 unspecified atom stereocenters. The van der Waals surface area contributed by atoms with Gasteiger partial charge in [-0.3, -0.25) is 0 Å².